The summed E-state index contributed by atoms with van der Waals surface area (Å²) in [6.45, 7) is 0. The maximum absolute atomic E-state index is 11.2. The molecular formula is C8H9BrN2O2. The number of carbonyl (C=O) groups is 1. The van der Waals surface area contributed by atoms with Crippen molar-refractivity contribution in [3.05, 3.63) is 17.7 Å². The molecule has 13 heavy (non-hydrogen) atoms. The Kier molecular flexibility index (Phi) is 2.77. The van der Waals surface area contributed by atoms with E-state index in [0.717, 1.165) is 0 Å². The summed E-state index contributed by atoms with van der Waals surface area (Å²) >= 11 is 3.02. The van der Waals surface area contributed by atoms with Crippen LogP contribution in [-0.2, 0) is 0 Å². The van der Waals surface area contributed by atoms with Gasteiger partial charge in [0.15, 0.2) is 5.78 Å². The van der Waals surface area contributed by atoms with E-state index in [9.17, 15) is 4.79 Å². The van der Waals surface area contributed by atoms with Crippen molar-refractivity contribution in [2.75, 3.05) is 16.8 Å². The van der Waals surface area contributed by atoms with Gasteiger partial charge in [0.05, 0.1) is 16.7 Å². The van der Waals surface area contributed by atoms with Crippen LogP contribution in [0.1, 0.15) is 10.4 Å². The molecule has 0 amide bonds. The van der Waals surface area contributed by atoms with Gasteiger partial charge in [-0.1, -0.05) is 15.9 Å². The van der Waals surface area contributed by atoms with Crippen molar-refractivity contribution in [1.29, 1.82) is 0 Å². The van der Waals surface area contributed by atoms with Crippen LogP contribution in [0, 0.1) is 0 Å². The predicted molar refractivity (Wildman–Crippen MR) is 55.1 cm³/mol. The molecule has 0 aliphatic carbocycles. The van der Waals surface area contributed by atoms with Gasteiger partial charge in [0.25, 0.3) is 0 Å². The number of alkyl halides is 1. The fourth-order valence-electron chi connectivity index (χ4n) is 0.940. The van der Waals surface area contributed by atoms with Crippen LogP contribution in [0.15, 0.2) is 12.1 Å². The van der Waals surface area contributed by atoms with Crippen LogP contribution in [0.3, 0.4) is 0 Å². The lowest BCUT2D eigenvalue weighted by atomic mass is 10.1. The monoisotopic (exact) mass is 244 g/mol. The molecule has 0 unspecified atom stereocenters. The van der Waals surface area contributed by atoms with Crippen molar-refractivity contribution in [2.24, 2.45) is 0 Å². The zero-order chi connectivity index (χ0) is 10.0. The van der Waals surface area contributed by atoms with Crippen LogP contribution < -0.4 is 11.5 Å². The number of carbonyl (C=O) groups excluding carboxylic acids is 1. The van der Waals surface area contributed by atoms with E-state index in [2.05, 4.69) is 15.9 Å². The summed E-state index contributed by atoms with van der Waals surface area (Å²) in [7, 11) is 0. The molecule has 1 aromatic rings. The zero-order valence-electron chi connectivity index (χ0n) is 6.75. The van der Waals surface area contributed by atoms with Crippen molar-refractivity contribution in [3.8, 4) is 5.75 Å². The molecule has 5 heteroatoms. The average Bonchev–Trinajstić information content (AvgIpc) is 2.13. The maximum atomic E-state index is 11.2. The second-order valence-corrected chi connectivity index (χ2v) is 3.08. The van der Waals surface area contributed by atoms with Gasteiger partial charge >= 0.3 is 0 Å². The van der Waals surface area contributed by atoms with E-state index in [1.807, 2.05) is 0 Å². The first-order valence-corrected chi connectivity index (χ1v) is 4.66. The maximum Gasteiger partial charge on any atom is 0.175 e. The Morgan fingerprint density at radius 1 is 1.38 bits per heavy atom. The number of rotatable bonds is 2. The third-order valence-corrected chi connectivity index (χ3v) is 2.20. The summed E-state index contributed by atoms with van der Waals surface area (Å²) in [5, 5.41) is 9.33. The number of nitrogens with two attached hydrogens (primary N) is 2. The number of halogens is 1. The molecule has 1 rings (SSSR count). The molecule has 0 spiro atoms. The Balaban J connectivity index is 3.26. The van der Waals surface area contributed by atoms with E-state index in [4.69, 9.17) is 16.6 Å². The first-order chi connectivity index (χ1) is 6.07. The molecule has 0 aromatic heterocycles. The molecular weight excluding hydrogens is 236 g/mol. The molecule has 0 heterocycles. The molecule has 0 aliphatic heterocycles. The highest BCUT2D eigenvalue weighted by Gasteiger charge is 2.12. The first kappa shape index (κ1) is 9.85. The highest BCUT2D eigenvalue weighted by Crippen LogP contribution is 2.29. The number of anilines is 2. The van der Waals surface area contributed by atoms with Crippen molar-refractivity contribution in [2.45, 2.75) is 0 Å². The standard InChI is InChI=1S/C8H9BrN2O2/c9-3-6(13)4-1-2-5(12)8(11)7(4)10/h1-2,12H,3,10-11H2. The third-order valence-electron chi connectivity index (χ3n) is 1.69. The van der Waals surface area contributed by atoms with Crippen molar-refractivity contribution >= 4 is 33.1 Å². The van der Waals surface area contributed by atoms with E-state index in [1.54, 1.807) is 0 Å². The summed E-state index contributed by atoms with van der Waals surface area (Å²) in [5.41, 5.74) is 11.5. The fourth-order valence-corrected chi connectivity index (χ4v) is 1.24. The van der Waals surface area contributed by atoms with Gasteiger partial charge in [-0.25, -0.2) is 0 Å². The summed E-state index contributed by atoms with van der Waals surface area (Å²) < 4.78 is 0. The van der Waals surface area contributed by atoms with Crippen LogP contribution in [0.2, 0.25) is 0 Å². The Bertz CT molecular complexity index is 352. The van der Waals surface area contributed by atoms with Gasteiger partial charge in [-0.3, -0.25) is 4.79 Å². The minimum absolute atomic E-state index is 0.0480. The van der Waals surface area contributed by atoms with E-state index in [0.29, 0.717) is 5.56 Å². The van der Waals surface area contributed by atoms with Crippen LogP contribution in [0.25, 0.3) is 0 Å². The van der Waals surface area contributed by atoms with Crippen LogP contribution in [-0.4, -0.2) is 16.2 Å². The molecule has 5 N–H and O–H groups in total. The Morgan fingerprint density at radius 2 is 2.00 bits per heavy atom. The van der Waals surface area contributed by atoms with Gasteiger partial charge in [-0.2, -0.15) is 0 Å². The topological polar surface area (TPSA) is 89.3 Å². The molecule has 0 saturated heterocycles. The number of benzene rings is 1. The van der Waals surface area contributed by atoms with Crippen molar-refractivity contribution in [3.63, 3.8) is 0 Å². The lowest BCUT2D eigenvalue weighted by Gasteiger charge is -2.06. The number of ketones is 1. The van der Waals surface area contributed by atoms with Crippen LogP contribution >= 0.6 is 15.9 Å². The number of aromatic hydroxyl groups is 1. The van der Waals surface area contributed by atoms with Gasteiger partial charge in [-0.05, 0) is 12.1 Å². The van der Waals surface area contributed by atoms with Gasteiger partial charge in [0.2, 0.25) is 0 Å². The Labute approximate surface area is 83.7 Å². The molecule has 0 atom stereocenters. The summed E-state index contributed by atoms with van der Waals surface area (Å²) in [6.07, 6.45) is 0. The summed E-state index contributed by atoms with van der Waals surface area (Å²) in [5.74, 6) is -0.271. The minimum Gasteiger partial charge on any atom is -0.506 e. The van der Waals surface area contributed by atoms with Gasteiger partial charge in [0.1, 0.15) is 5.75 Å². The average molecular weight is 245 g/mol. The van der Waals surface area contributed by atoms with E-state index in [1.165, 1.54) is 12.1 Å². The molecule has 0 fully saturated rings. The van der Waals surface area contributed by atoms with Crippen LogP contribution in [0.5, 0.6) is 5.75 Å². The highest BCUT2D eigenvalue weighted by molar-refractivity contribution is 9.09. The van der Waals surface area contributed by atoms with Crippen molar-refractivity contribution < 1.29 is 9.90 Å². The smallest absolute Gasteiger partial charge is 0.175 e. The van der Waals surface area contributed by atoms with Crippen molar-refractivity contribution in [1.82, 2.24) is 0 Å². The van der Waals surface area contributed by atoms with Gasteiger partial charge < -0.3 is 16.6 Å². The molecule has 4 nitrogen and oxygen atoms in total. The number of hydrogen-bond acceptors (Lipinski definition) is 4. The first-order valence-electron chi connectivity index (χ1n) is 3.54. The van der Waals surface area contributed by atoms with Crippen LogP contribution in [0.4, 0.5) is 11.4 Å². The molecule has 0 saturated carbocycles. The quantitative estimate of drug-likeness (QED) is 0.315. The fraction of sp³-hybridized carbons (Fsp3) is 0.125. The minimum atomic E-state index is -0.163. The third kappa shape index (κ3) is 1.75. The Morgan fingerprint density at radius 3 is 2.54 bits per heavy atom. The van der Waals surface area contributed by atoms with Gasteiger partial charge in [0, 0.05) is 5.56 Å². The summed E-state index contributed by atoms with van der Waals surface area (Å²) in [6, 6.07) is 2.80. The number of Topliss-reactive ketones (excluding diaryl/α,β-unsaturated/α-hetero) is 1. The predicted octanol–water partition coefficient (Wildman–Crippen LogP) is 1.13. The Hall–Kier alpha value is -1.23. The van der Waals surface area contributed by atoms with E-state index >= 15 is 0 Å². The molecule has 70 valence electrons. The molecule has 0 aliphatic rings. The zero-order valence-corrected chi connectivity index (χ0v) is 8.34. The number of hydrogen-bond donors (Lipinski definition) is 3. The molecule has 1 aromatic carbocycles. The number of phenols is 1. The highest BCUT2D eigenvalue weighted by atomic mass is 79.9. The SMILES string of the molecule is Nc1c(O)ccc(C(=O)CBr)c1N. The molecule has 0 radical (unpaired) electrons. The number of nitrogen functional groups attached to an aromatic ring is 2. The van der Waals surface area contributed by atoms with Gasteiger partial charge in [-0.15, -0.1) is 0 Å². The molecule has 0 bridgehead atoms. The largest absolute Gasteiger partial charge is 0.506 e. The second-order valence-electron chi connectivity index (χ2n) is 2.52. The lowest BCUT2D eigenvalue weighted by Crippen LogP contribution is -2.07. The summed E-state index contributed by atoms with van der Waals surface area (Å²) in [4.78, 5) is 11.2. The normalized spacial score (nSPS) is 9.92. The van der Waals surface area contributed by atoms with E-state index < -0.39 is 0 Å². The second kappa shape index (κ2) is 3.66. The number of phenolic OH excluding ortho intramolecular Hbond substituents is 1. The lowest BCUT2D eigenvalue weighted by molar-refractivity contribution is 0.102. The van der Waals surface area contributed by atoms with E-state index in [-0.39, 0.29) is 28.2 Å².